The molecular weight excluding hydrogens is 997 g/mol. The van der Waals surface area contributed by atoms with E-state index in [1.54, 1.807) is 0 Å². The van der Waals surface area contributed by atoms with Crippen LogP contribution in [-0.4, -0.2) is 142 Å². The second-order valence-electron chi connectivity index (χ2n) is 21.5. The lowest BCUT2D eigenvalue weighted by Gasteiger charge is -2.42. The van der Waals surface area contributed by atoms with Gasteiger partial charge >= 0.3 is 11.9 Å². The number of allylic oxidation sites excluding steroid dienone is 10. The highest BCUT2D eigenvalue weighted by Gasteiger charge is 2.47. The summed E-state index contributed by atoms with van der Waals surface area (Å²) in [5.41, 5.74) is 0. The first-order valence-electron chi connectivity index (χ1n) is 30.9. The predicted molar refractivity (Wildman–Crippen MR) is 307 cm³/mol. The van der Waals surface area contributed by atoms with Crippen LogP contribution in [0, 0.1) is 0 Å². The molecule has 2 saturated heterocycles. The summed E-state index contributed by atoms with van der Waals surface area (Å²) in [5.74, 6) is -1.01. The second kappa shape index (κ2) is 48.9. The van der Waals surface area contributed by atoms with Crippen LogP contribution in [0.4, 0.5) is 0 Å². The summed E-state index contributed by atoms with van der Waals surface area (Å²) in [7, 11) is 0. The smallest absolute Gasteiger partial charge is 0.306 e. The van der Waals surface area contributed by atoms with E-state index in [1.807, 2.05) is 12.2 Å². The molecule has 78 heavy (non-hydrogen) atoms. The molecule has 0 amide bonds. The number of unbranched alkanes of at least 4 members (excludes halogenated alkanes) is 25. The highest BCUT2D eigenvalue weighted by atomic mass is 16.7. The van der Waals surface area contributed by atoms with Crippen LogP contribution in [0.25, 0.3) is 0 Å². The maximum absolute atomic E-state index is 13.1. The zero-order valence-electron chi connectivity index (χ0n) is 48.4. The molecule has 11 atom stereocenters. The van der Waals surface area contributed by atoms with Gasteiger partial charge in [-0.2, -0.15) is 0 Å². The normalized spacial score (nSPS) is 24.4. The molecule has 2 fully saturated rings. The maximum Gasteiger partial charge on any atom is 0.306 e. The number of hydrogen-bond acceptors (Lipinski definition) is 15. The monoisotopic (exact) mass is 1110 g/mol. The molecular formula is C63H110O15. The van der Waals surface area contributed by atoms with Crippen LogP contribution in [-0.2, 0) is 38.0 Å². The minimum Gasteiger partial charge on any atom is -0.462 e. The average Bonchev–Trinajstić information content (AvgIpc) is 3.43. The fraction of sp³-hybridized carbons (Fsp3) is 0.810. The first-order valence-corrected chi connectivity index (χ1v) is 30.9. The zero-order valence-corrected chi connectivity index (χ0v) is 48.4. The van der Waals surface area contributed by atoms with Gasteiger partial charge < -0.3 is 64.2 Å². The number of carbonyl (C=O) groups excluding carboxylic acids is 2. The summed E-state index contributed by atoms with van der Waals surface area (Å²) in [4.78, 5) is 25.9. The van der Waals surface area contributed by atoms with E-state index >= 15 is 0 Å². The summed E-state index contributed by atoms with van der Waals surface area (Å²) < 4.78 is 33.7. The van der Waals surface area contributed by atoms with Crippen molar-refractivity contribution in [3.63, 3.8) is 0 Å². The van der Waals surface area contributed by atoms with Crippen molar-refractivity contribution in [1.29, 1.82) is 0 Å². The van der Waals surface area contributed by atoms with Gasteiger partial charge in [-0.15, -0.1) is 0 Å². The molecule has 15 nitrogen and oxygen atoms in total. The molecule has 0 aromatic carbocycles. The van der Waals surface area contributed by atoms with E-state index in [2.05, 4.69) is 62.5 Å². The molecule has 2 aliphatic rings. The third kappa shape index (κ3) is 35.1. The van der Waals surface area contributed by atoms with Gasteiger partial charge in [0, 0.05) is 12.8 Å². The van der Waals surface area contributed by atoms with Gasteiger partial charge in [0.25, 0.3) is 0 Å². The molecule has 0 aliphatic carbocycles. The average molecular weight is 1110 g/mol. The fourth-order valence-corrected chi connectivity index (χ4v) is 9.50. The first kappa shape index (κ1) is 71.3. The fourth-order valence-electron chi connectivity index (χ4n) is 9.50. The van der Waals surface area contributed by atoms with Crippen molar-refractivity contribution in [2.45, 2.75) is 300 Å². The number of aliphatic hydroxyl groups excluding tert-OH is 7. The van der Waals surface area contributed by atoms with E-state index in [-0.39, 0.29) is 19.4 Å². The van der Waals surface area contributed by atoms with Crippen LogP contribution in [0.15, 0.2) is 60.8 Å². The van der Waals surface area contributed by atoms with Gasteiger partial charge in [0.2, 0.25) is 0 Å². The van der Waals surface area contributed by atoms with Crippen LogP contribution in [0.5, 0.6) is 0 Å². The lowest BCUT2D eigenvalue weighted by Crippen LogP contribution is -2.61. The molecule has 0 spiro atoms. The first-order chi connectivity index (χ1) is 38.0. The molecule has 2 rings (SSSR count). The Morgan fingerprint density at radius 3 is 1.26 bits per heavy atom. The van der Waals surface area contributed by atoms with Gasteiger partial charge in [0.05, 0.1) is 19.8 Å². The Bertz CT molecular complexity index is 1580. The lowest BCUT2D eigenvalue weighted by atomic mass is 9.98. The number of esters is 2. The molecule has 2 heterocycles. The van der Waals surface area contributed by atoms with Gasteiger partial charge in [-0.25, -0.2) is 0 Å². The molecule has 0 aromatic heterocycles. The molecule has 15 heteroatoms. The highest BCUT2D eigenvalue weighted by molar-refractivity contribution is 5.70. The maximum atomic E-state index is 13.1. The molecule has 0 aromatic rings. The quantitative estimate of drug-likeness (QED) is 0.0171. The van der Waals surface area contributed by atoms with E-state index in [9.17, 15) is 45.3 Å². The van der Waals surface area contributed by atoms with Crippen molar-refractivity contribution < 1.29 is 73.8 Å². The number of ether oxygens (including phenoxy) is 6. The third-order valence-corrected chi connectivity index (χ3v) is 14.5. The van der Waals surface area contributed by atoms with Crippen LogP contribution in [0.3, 0.4) is 0 Å². The van der Waals surface area contributed by atoms with E-state index in [1.165, 1.54) is 141 Å². The van der Waals surface area contributed by atoms with E-state index in [0.717, 1.165) is 51.4 Å². The van der Waals surface area contributed by atoms with E-state index in [4.69, 9.17) is 28.4 Å². The third-order valence-electron chi connectivity index (χ3n) is 14.5. The topological polar surface area (TPSA) is 231 Å². The van der Waals surface area contributed by atoms with E-state index < -0.39 is 99.3 Å². The van der Waals surface area contributed by atoms with E-state index in [0.29, 0.717) is 12.8 Å². The highest BCUT2D eigenvalue weighted by Crippen LogP contribution is 2.27. The molecule has 7 N–H and O–H groups in total. The van der Waals surface area contributed by atoms with Gasteiger partial charge in [-0.3, -0.25) is 9.59 Å². The molecule has 452 valence electrons. The number of rotatable bonds is 49. The van der Waals surface area contributed by atoms with Gasteiger partial charge in [0.1, 0.15) is 55.4 Å². The Labute approximate surface area is 470 Å². The summed E-state index contributed by atoms with van der Waals surface area (Å²) in [5, 5.41) is 72.4. The summed E-state index contributed by atoms with van der Waals surface area (Å²) in [6, 6.07) is 0. The SMILES string of the molecule is CCCCC/C=C/C/C=C/C/C=C/C/C=C/C/C=C/CCC(=O)OC[C@H](CO[C@H]1O[C@@H](CO[C@H]2O[C@@H](CO)[C@@H](O)C(O)C2O)[C@@H](O)C(O)C1O)OC(=O)CCCCCCCCCCCCCCCCCCCCCCCCC. The molecule has 0 bridgehead atoms. The predicted octanol–water partition coefficient (Wildman–Crippen LogP) is 11.2. The van der Waals surface area contributed by atoms with Gasteiger partial charge in [0.15, 0.2) is 18.7 Å². The van der Waals surface area contributed by atoms with Crippen LogP contribution in [0.2, 0.25) is 0 Å². The van der Waals surface area contributed by atoms with Crippen LogP contribution < -0.4 is 0 Å². The van der Waals surface area contributed by atoms with Crippen LogP contribution in [0.1, 0.15) is 232 Å². The van der Waals surface area contributed by atoms with Crippen molar-refractivity contribution in [3.05, 3.63) is 60.8 Å². The Hall–Kier alpha value is -2.80. The van der Waals surface area contributed by atoms with Crippen molar-refractivity contribution >= 4 is 11.9 Å². The van der Waals surface area contributed by atoms with Gasteiger partial charge in [-0.1, -0.05) is 229 Å². The molecule has 4 unspecified atom stereocenters. The standard InChI is InChI=1S/C63H110O15/c1-3-5-7-9-11-13-15-17-19-21-23-24-25-26-28-30-32-34-36-38-40-42-44-46-55(66)76-51(48-73-54(65)45-43-41-39-37-35-33-31-29-27-22-20-18-16-14-12-10-8-6-4-2)49-74-62-61(72)59(70)57(68)53(78-62)50-75-63-60(71)58(69)56(67)52(47-64)77-63/h12,14,18,20,27,29,33,35,39,41,51-53,56-64,67-72H,3-11,13,15-17,19,21-26,28,30-32,34,36-38,40,42-50H2,1-2H3/b14-12+,20-18+,29-27+,35-33+,41-39+/t51-,52+,53+,56-,57-,58?,59?,60?,61?,62+,63+/m1/s1. The summed E-state index contributed by atoms with van der Waals surface area (Å²) in [6.07, 6.45) is 42.6. The minimum absolute atomic E-state index is 0.0941. The summed E-state index contributed by atoms with van der Waals surface area (Å²) >= 11 is 0. The molecule has 0 saturated carbocycles. The Morgan fingerprint density at radius 2 is 0.795 bits per heavy atom. The number of aliphatic hydroxyl groups is 7. The second-order valence-corrected chi connectivity index (χ2v) is 21.5. The van der Waals surface area contributed by atoms with Crippen molar-refractivity contribution in [2.24, 2.45) is 0 Å². The summed E-state index contributed by atoms with van der Waals surface area (Å²) in [6.45, 7) is 2.53. The molecule has 2 aliphatic heterocycles. The van der Waals surface area contributed by atoms with Crippen molar-refractivity contribution in [3.8, 4) is 0 Å². The largest absolute Gasteiger partial charge is 0.462 e. The van der Waals surface area contributed by atoms with Crippen LogP contribution >= 0.6 is 0 Å². The van der Waals surface area contributed by atoms with Crippen molar-refractivity contribution in [2.75, 3.05) is 26.4 Å². The zero-order chi connectivity index (χ0) is 56.7. The Morgan fingerprint density at radius 1 is 0.410 bits per heavy atom. The Balaban J connectivity index is 1.75. The minimum atomic E-state index is -1.78. The number of hydrogen-bond donors (Lipinski definition) is 7. The Kier molecular flexibility index (Phi) is 44.7. The van der Waals surface area contributed by atoms with Gasteiger partial charge in [-0.05, 0) is 51.4 Å². The van der Waals surface area contributed by atoms with Crippen molar-refractivity contribution in [1.82, 2.24) is 0 Å². The molecule has 0 radical (unpaired) electrons. The number of carbonyl (C=O) groups is 2. The lowest BCUT2D eigenvalue weighted by molar-refractivity contribution is -0.332.